The summed E-state index contributed by atoms with van der Waals surface area (Å²) in [7, 11) is 1.33. The molecule has 3 saturated heterocycles. The Kier molecular flexibility index (Phi) is 11.1. The Morgan fingerprint density at radius 1 is 0.791 bits per heavy atom. The molecule has 238 valence electrons. The van der Waals surface area contributed by atoms with Crippen molar-refractivity contribution in [1.29, 1.82) is 0 Å². The van der Waals surface area contributed by atoms with Gasteiger partial charge in [0.2, 0.25) is 0 Å². The molecule has 1 aromatic rings. The molecule has 15 nitrogen and oxygen atoms in total. The van der Waals surface area contributed by atoms with Crippen LogP contribution >= 0.6 is 0 Å². The number of aliphatic hydroxyl groups is 1. The summed E-state index contributed by atoms with van der Waals surface area (Å²) in [4.78, 5) is 48.0. The summed E-state index contributed by atoms with van der Waals surface area (Å²) < 4.78 is 57.1. The number of hydrogen-bond acceptors (Lipinski definition) is 15. The molecule has 0 radical (unpaired) electrons. The summed E-state index contributed by atoms with van der Waals surface area (Å²) in [6.07, 6.45) is -13.5. The van der Waals surface area contributed by atoms with Crippen molar-refractivity contribution in [3.05, 3.63) is 35.9 Å². The maximum Gasteiger partial charge on any atom is 0.303 e. The Bertz CT molecular complexity index is 1130. The van der Waals surface area contributed by atoms with Crippen LogP contribution in [0.3, 0.4) is 0 Å². The van der Waals surface area contributed by atoms with Gasteiger partial charge in [-0.1, -0.05) is 30.3 Å². The minimum Gasteiger partial charge on any atom is -0.463 e. The van der Waals surface area contributed by atoms with Gasteiger partial charge >= 0.3 is 23.9 Å². The Morgan fingerprint density at radius 2 is 1.42 bits per heavy atom. The number of carbonyl (C=O) groups excluding carboxylic acids is 4. The van der Waals surface area contributed by atoms with E-state index < -0.39 is 98.2 Å². The van der Waals surface area contributed by atoms with Gasteiger partial charge in [0.15, 0.2) is 37.2 Å². The highest BCUT2D eigenvalue weighted by molar-refractivity contribution is 5.68. The molecule has 3 aliphatic heterocycles. The first-order valence-electron chi connectivity index (χ1n) is 13.6. The molecule has 4 rings (SSSR count). The SMILES string of the molecule is CO[C@H]1O[C@@H]2COC(c3ccccc3)O[C@H]2[C@H](O[C@H]2O[C@H](COC(C)=O)[C@H](OC(C)=O)[C@H](OC(C)=O)[C@H]2OC(C)=O)[C@H]1O. The molecule has 0 aliphatic carbocycles. The largest absolute Gasteiger partial charge is 0.463 e. The van der Waals surface area contributed by atoms with E-state index in [1.165, 1.54) is 7.11 Å². The van der Waals surface area contributed by atoms with E-state index in [0.29, 0.717) is 5.56 Å². The number of fused-ring (bicyclic) bond motifs is 1. The highest BCUT2D eigenvalue weighted by Crippen LogP contribution is 2.38. The average Bonchev–Trinajstić information content (AvgIpc) is 2.95. The number of carbonyl (C=O) groups is 4. The fourth-order valence-electron chi connectivity index (χ4n) is 5.15. The minimum absolute atomic E-state index is 0.0508. The number of ether oxygens (including phenoxy) is 10. The van der Waals surface area contributed by atoms with Crippen molar-refractivity contribution < 1.29 is 71.7 Å². The zero-order valence-corrected chi connectivity index (χ0v) is 24.3. The second-order valence-electron chi connectivity index (χ2n) is 10.1. The number of hydrogen-bond donors (Lipinski definition) is 1. The molecule has 1 aromatic carbocycles. The predicted molar refractivity (Wildman–Crippen MR) is 139 cm³/mol. The van der Waals surface area contributed by atoms with Crippen LogP contribution in [0.2, 0.25) is 0 Å². The predicted octanol–water partition coefficient (Wildman–Crippen LogP) is 0.301. The highest BCUT2D eigenvalue weighted by atomic mass is 16.8. The maximum absolute atomic E-state index is 12.2. The normalized spacial score (nSPS) is 35.6. The van der Waals surface area contributed by atoms with Crippen LogP contribution in [0.25, 0.3) is 0 Å². The minimum atomic E-state index is -1.56. The van der Waals surface area contributed by atoms with Crippen LogP contribution in [-0.4, -0.2) is 111 Å². The Balaban J connectivity index is 1.69. The van der Waals surface area contributed by atoms with Gasteiger partial charge in [0.05, 0.1) is 6.61 Å². The molecular formula is C28H36O15. The van der Waals surface area contributed by atoms with E-state index in [4.69, 9.17) is 47.4 Å². The van der Waals surface area contributed by atoms with E-state index in [9.17, 15) is 24.3 Å². The second-order valence-corrected chi connectivity index (χ2v) is 10.1. The Hall–Kier alpha value is -3.18. The summed E-state index contributed by atoms with van der Waals surface area (Å²) in [6, 6.07) is 9.07. The van der Waals surface area contributed by atoms with Gasteiger partial charge in [-0.2, -0.15) is 0 Å². The van der Waals surface area contributed by atoms with Crippen LogP contribution in [0, 0.1) is 0 Å². The van der Waals surface area contributed by atoms with Crippen molar-refractivity contribution in [1.82, 2.24) is 0 Å². The summed E-state index contributed by atoms with van der Waals surface area (Å²) in [5.74, 6) is -3.03. The first kappa shape index (κ1) is 32.7. The van der Waals surface area contributed by atoms with Crippen LogP contribution in [0.4, 0.5) is 0 Å². The molecule has 3 heterocycles. The van der Waals surface area contributed by atoms with Gasteiger partial charge in [0, 0.05) is 40.4 Å². The lowest BCUT2D eigenvalue weighted by atomic mass is 9.95. The zero-order chi connectivity index (χ0) is 31.3. The molecule has 0 amide bonds. The molecule has 3 fully saturated rings. The van der Waals surface area contributed by atoms with Crippen molar-refractivity contribution in [2.24, 2.45) is 0 Å². The summed E-state index contributed by atoms with van der Waals surface area (Å²) in [5.41, 5.74) is 0.704. The third kappa shape index (κ3) is 8.06. The van der Waals surface area contributed by atoms with Crippen LogP contribution in [0.15, 0.2) is 30.3 Å². The van der Waals surface area contributed by atoms with E-state index in [2.05, 4.69) is 0 Å². The monoisotopic (exact) mass is 612 g/mol. The van der Waals surface area contributed by atoms with Crippen molar-refractivity contribution in [2.75, 3.05) is 20.3 Å². The van der Waals surface area contributed by atoms with Crippen LogP contribution in [-0.2, 0) is 66.5 Å². The van der Waals surface area contributed by atoms with Crippen molar-refractivity contribution in [3.63, 3.8) is 0 Å². The zero-order valence-electron chi connectivity index (χ0n) is 24.3. The third-order valence-electron chi connectivity index (χ3n) is 6.85. The molecule has 11 atom stereocenters. The van der Waals surface area contributed by atoms with E-state index >= 15 is 0 Å². The van der Waals surface area contributed by atoms with Gasteiger partial charge in [-0.3, -0.25) is 19.2 Å². The standard InChI is InChI=1S/C28H36O15/c1-13(29)35-11-18-22(37-14(2)30)24(38-15(3)31)25(39-16(4)32)28(41-18)43-23-20(33)27(34-5)40-19-12-36-26(42-21(19)23)17-9-7-6-8-10-17/h6-10,18-28,33H,11-12H2,1-5H3/t18-,19-,20-,21-,22+,23-,24+,25-,26?,27+,28-/m1/s1. The maximum atomic E-state index is 12.2. The van der Waals surface area contributed by atoms with Gasteiger partial charge in [-0.25, -0.2) is 0 Å². The lowest BCUT2D eigenvalue weighted by molar-refractivity contribution is -0.390. The molecule has 1 unspecified atom stereocenters. The number of methoxy groups -OCH3 is 1. The fraction of sp³-hybridized carbons (Fsp3) is 0.643. The molecule has 0 spiro atoms. The van der Waals surface area contributed by atoms with Gasteiger partial charge in [0.25, 0.3) is 0 Å². The van der Waals surface area contributed by atoms with Crippen molar-refractivity contribution >= 4 is 23.9 Å². The first-order valence-corrected chi connectivity index (χ1v) is 13.6. The van der Waals surface area contributed by atoms with Crippen LogP contribution < -0.4 is 0 Å². The summed E-state index contributed by atoms with van der Waals surface area (Å²) in [6.45, 7) is 4.11. The van der Waals surface area contributed by atoms with E-state index in [1.807, 2.05) is 18.2 Å². The van der Waals surface area contributed by atoms with E-state index in [-0.39, 0.29) is 6.61 Å². The summed E-state index contributed by atoms with van der Waals surface area (Å²) >= 11 is 0. The van der Waals surface area contributed by atoms with Crippen molar-refractivity contribution in [3.8, 4) is 0 Å². The Labute approximate surface area is 247 Å². The molecule has 1 N–H and O–H groups in total. The smallest absolute Gasteiger partial charge is 0.303 e. The number of aliphatic hydroxyl groups excluding tert-OH is 1. The first-order chi connectivity index (χ1) is 20.5. The van der Waals surface area contributed by atoms with Gasteiger partial charge in [0.1, 0.15) is 37.1 Å². The molecular weight excluding hydrogens is 576 g/mol. The fourth-order valence-corrected chi connectivity index (χ4v) is 5.15. The average molecular weight is 613 g/mol. The quantitative estimate of drug-likeness (QED) is 0.297. The molecule has 0 aromatic heterocycles. The topological polar surface area (TPSA) is 181 Å². The van der Waals surface area contributed by atoms with Crippen LogP contribution in [0.1, 0.15) is 39.5 Å². The van der Waals surface area contributed by atoms with Gasteiger partial charge in [-0.05, 0) is 0 Å². The summed E-state index contributed by atoms with van der Waals surface area (Å²) in [5, 5.41) is 11.3. The molecule has 0 saturated carbocycles. The molecule has 15 heteroatoms. The third-order valence-corrected chi connectivity index (χ3v) is 6.85. The van der Waals surface area contributed by atoms with Gasteiger partial charge in [-0.15, -0.1) is 0 Å². The number of benzene rings is 1. The second kappa shape index (κ2) is 14.5. The lowest BCUT2D eigenvalue weighted by Gasteiger charge is -2.50. The molecule has 3 aliphatic rings. The number of rotatable bonds is 9. The highest BCUT2D eigenvalue weighted by Gasteiger charge is 2.57. The lowest BCUT2D eigenvalue weighted by Crippen LogP contribution is -2.67. The number of esters is 4. The van der Waals surface area contributed by atoms with Crippen molar-refractivity contribution in [2.45, 2.75) is 95.4 Å². The van der Waals surface area contributed by atoms with E-state index in [0.717, 1.165) is 27.7 Å². The Morgan fingerprint density at radius 3 is 2.02 bits per heavy atom. The van der Waals surface area contributed by atoms with Crippen LogP contribution in [0.5, 0.6) is 0 Å². The van der Waals surface area contributed by atoms with Gasteiger partial charge < -0.3 is 52.5 Å². The van der Waals surface area contributed by atoms with E-state index in [1.54, 1.807) is 12.1 Å². The molecule has 43 heavy (non-hydrogen) atoms. The molecule has 0 bridgehead atoms.